The molecule has 0 spiro atoms. The van der Waals surface area contributed by atoms with Gasteiger partial charge in [-0.2, -0.15) is 0 Å². The fourth-order valence-electron chi connectivity index (χ4n) is 2.04. The molecule has 112 valence electrons. The molecule has 0 atom stereocenters. The van der Waals surface area contributed by atoms with E-state index in [1.54, 1.807) is 24.5 Å². The van der Waals surface area contributed by atoms with E-state index in [1.807, 2.05) is 25.1 Å². The minimum absolute atomic E-state index is 0.123. The molecule has 1 N–H and O–H groups in total. The third-order valence-electron chi connectivity index (χ3n) is 3.23. The highest BCUT2D eigenvalue weighted by Crippen LogP contribution is 2.27. The molecule has 2 heterocycles. The Morgan fingerprint density at radius 2 is 2.00 bits per heavy atom. The molecule has 0 amide bonds. The lowest BCUT2D eigenvalue weighted by atomic mass is 10.1. The molecule has 0 aliphatic carbocycles. The van der Waals surface area contributed by atoms with Crippen molar-refractivity contribution < 1.29 is 12.8 Å². The summed E-state index contributed by atoms with van der Waals surface area (Å²) in [5, 5.41) is 0. The van der Waals surface area contributed by atoms with Crippen molar-refractivity contribution in [2.75, 3.05) is 4.72 Å². The van der Waals surface area contributed by atoms with Crippen molar-refractivity contribution in [1.82, 2.24) is 4.98 Å². The zero-order valence-corrected chi connectivity index (χ0v) is 12.7. The van der Waals surface area contributed by atoms with Gasteiger partial charge in [0.2, 0.25) is 0 Å². The normalized spacial score (nSPS) is 11.3. The Balaban J connectivity index is 1.97. The molecule has 3 aromatic rings. The van der Waals surface area contributed by atoms with Crippen molar-refractivity contribution in [3.8, 4) is 11.3 Å². The Hall–Kier alpha value is -2.60. The fraction of sp³-hybridized carbons (Fsp3) is 0.0625. The van der Waals surface area contributed by atoms with Crippen LogP contribution in [0.1, 0.15) is 5.56 Å². The van der Waals surface area contributed by atoms with E-state index >= 15 is 0 Å². The molecule has 5 nitrogen and oxygen atoms in total. The zero-order valence-electron chi connectivity index (χ0n) is 11.9. The molecule has 0 saturated carbocycles. The summed E-state index contributed by atoms with van der Waals surface area (Å²) in [6, 6.07) is 12.2. The Kier molecular flexibility index (Phi) is 3.68. The van der Waals surface area contributed by atoms with E-state index in [4.69, 9.17) is 4.42 Å². The van der Waals surface area contributed by atoms with Gasteiger partial charge in [0.1, 0.15) is 10.7 Å². The summed E-state index contributed by atoms with van der Waals surface area (Å²) in [7, 11) is -3.66. The van der Waals surface area contributed by atoms with E-state index in [9.17, 15) is 8.42 Å². The molecule has 2 aromatic heterocycles. The number of benzene rings is 1. The molecular weight excluding hydrogens is 300 g/mol. The second-order valence-corrected chi connectivity index (χ2v) is 6.48. The van der Waals surface area contributed by atoms with Crippen LogP contribution in [0.5, 0.6) is 0 Å². The van der Waals surface area contributed by atoms with E-state index in [1.165, 1.54) is 18.5 Å². The highest BCUT2D eigenvalue weighted by atomic mass is 32.2. The quantitative estimate of drug-likeness (QED) is 0.800. The van der Waals surface area contributed by atoms with E-state index in [2.05, 4.69) is 9.71 Å². The predicted octanol–water partition coefficient (Wildman–Crippen LogP) is 3.45. The molecule has 0 unspecified atom stereocenters. The van der Waals surface area contributed by atoms with Gasteiger partial charge in [0.15, 0.2) is 0 Å². The van der Waals surface area contributed by atoms with E-state index < -0.39 is 10.0 Å². The van der Waals surface area contributed by atoms with Crippen LogP contribution in [0.25, 0.3) is 11.3 Å². The van der Waals surface area contributed by atoms with E-state index in [-0.39, 0.29) is 4.90 Å². The van der Waals surface area contributed by atoms with Gasteiger partial charge in [0.05, 0.1) is 12.0 Å². The zero-order chi connectivity index (χ0) is 15.6. The summed E-state index contributed by atoms with van der Waals surface area (Å²) < 4.78 is 32.7. The molecule has 6 heteroatoms. The van der Waals surface area contributed by atoms with Gasteiger partial charge in [0, 0.05) is 18.0 Å². The molecule has 3 rings (SSSR count). The molecule has 1 aromatic carbocycles. The van der Waals surface area contributed by atoms with Gasteiger partial charge in [-0.05, 0) is 42.8 Å². The van der Waals surface area contributed by atoms with Crippen LogP contribution in [0.3, 0.4) is 0 Å². The summed E-state index contributed by atoms with van der Waals surface area (Å²) in [6.07, 6.45) is 4.42. The molecule has 0 saturated heterocycles. The van der Waals surface area contributed by atoms with Crippen LogP contribution in [-0.2, 0) is 10.0 Å². The Labute approximate surface area is 128 Å². The van der Waals surface area contributed by atoms with Crippen molar-refractivity contribution in [2.24, 2.45) is 0 Å². The first-order chi connectivity index (χ1) is 10.6. The number of pyridine rings is 1. The summed E-state index contributed by atoms with van der Waals surface area (Å²) in [5.74, 6) is 0.682. The first-order valence-electron chi connectivity index (χ1n) is 6.64. The number of aryl methyl sites for hydroxylation is 1. The van der Waals surface area contributed by atoms with Gasteiger partial charge in [0.25, 0.3) is 10.0 Å². The number of nitrogens with zero attached hydrogens (tertiary/aromatic N) is 1. The third kappa shape index (κ3) is 2.87. The minimum atomic E-state index is -3.66. The minimum Gasteiger partial charge on any atom is -0.464 e. The molecule has 0 aliphatic rings. The van der Waals surface area contributed by atoms with E-state index in [0.717, 1.165) is 11.1 Å². The van der Waals surface area contributed by atoms with Crippen LogP contribution in [0.2, 0.25) is 0 Å². The molecular formula is C16H14N2O3S. The maximum absolute atomic E-state index is 12.4. The molecule has 0 aliphatic heterocycles. The maximum atomic E-state index is 12.4. The standard InChI is InChI=1S/C16H14N2O3S/c1-12-6-7-13(16-5-3-9-21-16)10-15(12)18-22(19,20)14-4-2-8-17-11-14/h2-11,18H,1H3. The summed E-state index contributed by atoms with van der Waals surface area (Å²) in [6.45, 7) is 1.84. The number of hydrogen-bond donors (Lipinski definition) is 1. The topological polar surface area (TPSA) is 72.2 Å². The van der Waals surface area contributed by atoms with Crippen LogP contribution in [0.4, 0.5) is 5.69 Å². The summed E-state index contributed by atoms with van der Waals surface area (Å²) in [4.78, 5) is 3.96. The second-order valence-electron chi connectivity index (χ2n) is 4.80. The van der Waals surface area contributed by atoms with Crippen LogP contribution in [-0.4, -0.2) is 13.4 Å². The van der Waals surface area contributed by atoms with Crippen molar-refractivity contribution in [1.29, 1.82) is 0 Å². The molecule has 22 heavy (non-hydrogen) atoms. The van der Waals surface area contributed by atoms with Gasteiger partial charge in [-0.15, -0.1) is 0 Å². The lowest BCUT2D eigenvalue weighted by molar-refractivity contribution is 0.582. The number of aromatic nitrogens is 1. The van der Waals surface area contributed by atoms with Crippen LogP contribution in [0.15, 0.2) is 70.4 Å². The Morgan fingerprint density at radius 3 is 2.68 bits per heavy atom. The monoisotopic (exact) mass is 314 g/mol. The van der Waals surface area contributed by atoms with Crippen LogP contribution in [0, 0.1) is 6.92 Å². The highest BCUT2D eigenvalue weighted by Gasteiger charge is 2.16. The van der Waals surface area contributed by atoms with Crippen molar-refractivity contribution in [3.63, 3.8) is 0 Å². The smallest absolute Gasteiger partial charge is 0.263 e. The largest absolute Gasteiger partial charge is 0.464 e. The number of hydrogen-bond acceptors (Lipinski definition) is 4. The van der Waals surface area contributed by atoms with Gasteiger partial charge < -0.3 is 4.42 Å². The average Bonchev–Trinajstić information content (AvgIpc) is 3.04. The second kappa shape index (κ2) is 5.65. The molecule has 0 bridgehead atoms. The van der Waals surface area contributed by atoms with Gasteiger partial charge in [-0.3, -0.25) is 9.71 Å². The van der Waals surface area contributed by atoms with Gasteiger partial charge in [-0.1, -0.05) is 12.1 Å². The van der Waals surface area contributed by atoms with Gasteiger partial charge >= 0.3 is 0 Å². The molecule has 0 fully saturated rings. The predicted molar refractivity (Wildman–Crippen MR) is 83.9 cm³/mol. The molecule has 0 radical (unpaired) electrons. The lowest BCUT2D eigenvalue weighted by Crippen LogP contribution is -2.14. The third-order valence-corrected chi connectivity index (χ3v) is 4.58. The maximum Gasteiger partial charge on any atom is 0.263 e. The Morgan fingerprint density at radius 1 is 1.14 bits per heavy atom. The number of rotatable bonds is 4. The fourth-order valence-corrected chi connectivity index (χ4v) is 3.12. The van der Waals surface area contributed by atoms with Crippen LogP contribution < -0.4 is 4.72 Å². The van der Waals surface area contributed by atoms with Crippen molar-refractivity contribution in [2.45, 2.75) is 11.8 Å². The first-order valence-corrected chi connectivity index (χ1v) is 8.12. The highest BCUT2D eigenvalue weighted by molar-refractivity contribution is 7.92. The van der Waals surface area contributed by atoms with E-state index in [0.29, 0.717) is 11.4 Å². The Bertz CT molecular complexity index is 873. The van der Waals surface area contributed by atoms with Crippen LogP contribution >= 0.6 is 0 Å². The lowest BCUT2D eigenvalue weighted by Gasteiger charge is -2.11. The summed E-state index contributed by atoms with van der Waals surface area (Å²) >= 11 is 0. The SMILES string of the molecule is Cc1ccc(-c2ccco2)cc1NS(=O)(=O)c1cccnc1. The number of anilines is 1. The average molecular weight is 314 g/mol. The van der Waals surface area contributed by atoms with Gasteiger partial charge in [-0.25, -0.2) is 8.42 Å². The number of sulfonamides is 1. The summed E-state index contributed by atoms with van der Waals surface area (Å²) in [5.41, 5.74) is 2.14. The number of furan rings is 1. The first kappa shape index (κ1) is 14.3. The van der Waals surface area contributed by atoms with Crippen molar-refractivity contribution in [3.05, 3.63) is 66.7 Å². The van der Waals surface area contributed by atoms with Crippen molar-refractivity contribution >= 4 is 15.7 Å². The number of nitrogens with one attached hydrogen (secondary N) is 1.